The normalized spacial score (nSPS) is 9.68. The highest BCUT2D eigenvalue weighted by Crippen LogP contribution is 2.19. The number of phenolic OH excluding ortho intramolecular Hbond substituents is 4. The molecule has 0 bridgehead atoms. The molecule has 11 aromatic carbocycles. The van der Waals surface area contributed by atoms with E-state index in [1.165, 1.54) is 90.0 Å². The molecule has 0 aromatic heterocycles. The molecule has 0 spiro atoms. The molecule has 0 aliphatic heterocycles. The van der Waals surface area contributed by atoms with E-state index < -0.39 is 35.5 Å². The summed E-state index contributed by atoms with van der Waals surface area (Å²) in [6, 6.07) is 63.8. The Hall–Kier alpha value is -7.47. The Balaban J connectivity index is 0. The van der Waals surface area contributed by atoms with Crippen LogP contribution in [0.25, 0.3) is 0 Å². The Kier molecular flexibility index (Phi) is 62.3. The van der Waals surface area contributed by atoms with Gasteiger partial charge >= 0.3 is 23.9 Å². The van der Waals surface area contributed by atoms with Crippen LogP contribution < -0.4 is 0 Å². The first-order valence-corrected chi connectivity index (χ1v) is 43.8. The van der Waals surface area contributed by atoms with Crippen molar-refractivity contribution in [3.8, 4) is 29.1 Å². The summed E-state index contributed by atoms with van der Waals surface area (Å²) in [4.78, 5) is 45.3. The van der Waals surface area contributed by atoms with Crippen molar-refractivity contribution < 1.29 is 90.8 Å². The molecule has 0 unspecified atom stereocenters. The molecule has 0 saturated carbocycles. The number of halogens is 14. The lowest BCUT2D eigenvalue weighted by atomic mass is 10.1. The lowest BCUT2D eigenvalue weighted by Gasteiger charge is -2.12. The highest BCUT2D eigenvalue weighted by molar-refractivity contribution is 14.1. The SMILES string of the molecule is CC(C)N(C)C.CC(C)N(C)C.CCc1ccc(O)cc1.CCc1cccc(O)c1.Cc1ccc(I)cc1F.Cc1ccc(I)cc1F.Cc1ccc(I)cc1F.Cc1ccc(I)cc1F.N#CCc1ccc(I)cc1F.O=C(O)Cc1ccc(O)cc1.O=C(O)Cc1cccc(O)c1.O=C(O)c1ccc(I)cc1F.O=C(O)c1ccc(I)cc1F. The third-order valence-electron chi connectivity index (χ3n) is 15.4. The molecule has 0 radical (unpaired) electrons. The van der Waals surface area contributed by atoms with Gasteiger partial charge in [0.05, 0.1) is 36.5 Å². The van der Waals surface area contributed by atoms with Crippen molar-refractivity contribution in [1.82, 2.24) is 9.80 Å². The first kappa shape index (κ1) is 116. The average Bonchev–Trinajstić information content (AvgIpc) is 0.884. The van der Waals surface area contributed by atoms with Gasteiger partial charge in [0.15, 0.2) is 0 Å². The minimum Gasteiger partial charge on any atom is -0.508 e. The molecule has 15 nitrogen and oxygen atoms in total. The zero-order valence-electron chi connectivity index (χ0n) is 68.9. The van der Waals surface area contributed by atoms with Crippen molar-refractivity contribution in [2.75, 3.05) is 28.2 Å². The van der Waals surface area contributed by atoms with Crippen LogP contribution in [-0.2, 0) is 41.7 Å². The van der Waals surface area contributed by atoms with Crippen LogP contribution in [0.2, 0.25) is 0 Å². The fourth-order valence-electron chi connectivity index (χ4n) is 7.48. The van der Waals surface area contributed by atoms with E-state index in [0.29, 0.717) is 69.7 Å². The Labute approximate surface area is 800 Å². The number of rotatable bonds is 11. The number of hydrogen-bond acceptors (Lipinski definition) is 11. The summed E-state index contributed by atoms with van der Waals surface area (Å²) >= 11 is 14.2. The smallest absolute Gasteiger partial charge is 0.338 e. The monoisotopic (exact) mass is 2460 g/mol. The first-order chi connectivity index (χ1) is 56.5. The fourth-order valence-corrected chi connectivity index (χ4v) is 10.7. The van der Waals surface area contributed by atoms with Gasteiger partial charge in [-0.1, -0.05) is 92.7 Å². The summed E-state index contributed by atoms with van der Waals surface area (Å²) in [5.74, 6) is -5.45. The van der Waals surface area contributed by atoms with Gasteiger partial charge in [-0.2, -0.15) is 5.26 Å². The molecular formula is C92H99F7I7N3O12. The predicted octanol–water partition coefficient (Wildman–Crippen LogP) is 25.6. The number of nitriles is 1. The van der Waals surface area contributed by atoms with Gasteiger partial charge in [0.25, 0.3) is 0 Å². The lowest BCUT2D eigenvalue weighted by molar-refractivity contribution is -0.137. The number of carboxylic acids is 4. The van der Waals surface area contributed by atoms with E-state index in [2.05, 4.69) is 170 Å². The number of benzene rings is 11. The predicted molar refractivity (Wildman–Crippen MR) is 528 cm³/mol. The molecule has 652 valence electrons. The van der Waals surface area contributed by atoms with E-state index in [-0.39, 0.29) is 71.0 Å². The molecule has 0 amide bonds. The molecular weight excluding hydrogens is 2360 g/mol. The number of nitrogens with zero attached hydrogens (tertiary/aromatic N) is 3. The molecule has 0 atom stereocenters. The maximum atomic E-state index is 12.9. The molecule has 8 N–H and O–H groups in total. The van der Waals surface area contributed by atoms with Gasteiger partial charge in [-0.15, -0.1) is 0 Å². The third-order valence-corrected chi connectivity index (χ3v) is 20.1. The minimum atomic E-state index is -1.24. The van der Waals surface area contributed by atoms with Gasteiger partial charge in [0, 0.05) is 42.6 Å². The molecule has 0 fully saturated rings. The molecule has 0 heterocycles. The summed E-state index contributed by atoms with van der Waals surface area (Å²) in [6.07, 6.45) is 2.10. The van der Waals surface area contributed by atoms with Crippen LogP contribution in [0.15, 0.2) is 224 Å². The number of hydrogen-bond donors (Lipinski definition) is 8. The van der Waals surface area contributed by atoms with Gasteiger partial charge in [-0.25, -0.2) is 40.3 Å². The number of carboxylic acid groups (broad SMARTS) is 4. The topological polar surface area (TPSA) is 260 Å². The number of carbonyl (C=O) groups is 4. The van der Waals surface area contributed by atoms with Crippen molar-refractivity contribution in [1.29, 1.82) is 5.26 Å². The zero-order valence-corrected chi connectivity index (χ0v) is 84.0. The molecule has 0 aliphatic rings. The maximum absolute atomic E-state index is 12.9. The summed E-state index contributed by atoms with van der Waals surface area (Å²) in [6.45, 7) is 19.8. The maximum Gasteiger partial charge on any atom is 0.338 e. The van der Waals surface area contributed by atoms with E-state index in [1.54, 1.807) is 125 Å². The number of aliphatic carboxylic acids is 2. The van der Waals surface area contributed by atoms with Crippen LogP contribution in [0.5, 0.6) is 23.0 Å². The van der Waals surface area contributed by atoms with E-state index >= 15 is 0 Å². The molecule has 0 aliphatic carbocycles. The lowest BCUT2D eigenvalue weighted by Crippen LogP contribution is -2.20. The van der Waals surface area contributed by atoms with Crippen molar-refractivity contribution in [3.05, 3.63) is 351 Å². The van der Waals surface area contributed by atoms with Crippen LogP contribution in [0.3, 0.4) is 0 Å². The second-order valence-electron chi connectivity index (χ2n) is 26.1. The molecule has 121 heavy (non-hydrogen) atoms. The van der Waals surface area contributed by atoms with Crippen LogP contribution in [0, 0.1) is 105 Å². The second kappa shape index (κ2) is 65.2. The zero-order chi connectivity index (χ0) is 92.8. The summed E-state index contributed by atoms with van der Waals surface area (Å²) < 4.78 is 94.6. The van der Waals surface area contributed by atoms with Gasteiger partial charge in [-0.05, 0) is 445 Å². The standard InChI is InChI=1S/C8H5FIN.2C8H8O3.2C8H10O.2C7H4FIO2.4C7H6FI.2C5H13N/c9-8-5-7(10)2-1-6(8)3-4-11;9-7-3-1-6(2-4-7)5-8(10)11;9-7-3-1-2-6(4-7)5-8(10)11;1-2-7-3-5-8(9)6-4-7;1-2-7-4-3-5-8(9)6-7;2*8-6-3-4(9)1-2-5(6)7(10)11;4*1-5-2-3-6(9)4-7(5)8;2*1-5(2)6(3)4/h1-2,5H,3H2;2*1-4,9H,5H2,(H,10,11);2*3-6,9H,2H2,1H3;2*1-3H,(H,10,11);4*2-4H,1H3;2*5H,1-4H3. The van der Waals surface area contributed by atoms with Crippen LogP contribution in [-0.4, -0.2) is 115 Å². The Morgan fingerprint density at radius 1 is 0.339 bits per heavy atom. The molecule has 29 heteroatoms. The molecule has 0 saturated heterocycles. The Morgan fingerprint density at radius 2 is 0.595 bits per heavy atom. The van der Waals surface area contributed by atoms with E-state index in [4.69, 9.17) is 46.1 Å². The van der Waals surface area contributed by atoms with E-state index in [0.717, 1.165) is 30.7 Å². The van der Waals surface area contributed by atoms with Gasteiger partial charge in [0.1, 0.15) is 63.7 Å². The number of phenols is 4. The van der Waals surface area contributed by atoms with Crippen LogP contribution in [0.4, 0.5) is 30.7 Å². The molecule has 11 rings (SSSR count). The van der Waals surface area contributed by atoms with Gasteiger partial charge < -0.3 is 50.7 Å². The van der Waals surface area contributed by atoms with E-state index in [1.807, 2.05) is 122 Å². The quantitative estimate of drug-likeness (QED) is 0.0442. The third kappa shape index (κ3) is 57.6. The van der Waals surface area contributed by atoms with E-state index in [9.17, 15) is 49.9 Å². The van der Waals surface area contributed by atoms with Crippen molar-refractivity contribution in [2.45, 2.75) is 113 Å². The number of aromatic carboxylic acids is 2. The summed E-state index contributed by atoms with van der Waals surface area (Å²) in [5, 5.41) is 77.4. The van der Waals surface area contributed by atoms with Crippen molar-refractivity contribution >= 4 is 182 Å². The van der Waals surface area contributed by atoms with Gasteiger partial charge in [-0.3, -0.25) is 9.59 Å². The van der Waals surface area contributed by atoms with Crippen molar-refractivity contribution in [3.63, 3.8) is 0 Å². The summed E-state index contributed by atoms with van der Waals surface area (Å²) in [7, 11) is 8.30. The second-order valence-corrected chi connectivity index (χ2v) is 34.9. The fraction of sp³-hybridized carbons (Fsp3) is 0.228. The minimum absolute atomic E-state index is 0.000278. The number of aromatic hydroxyl groups is 4. The highest BCUT2D eigenvalue weighted by Gasteiger charge is 2.11. The first-order valence-electron chi connectivity index (χ1n) is 36.3. The van der Waals surface area contributed by atoms with Crippen LogP contribution in [0.1, 0.15) is 112 Å². The highest BCUT2D eigenvalue weighted by atomic mass is 127. The average molecular weight is 2460 g/mol. The Bertz CT molecular complexity index is 4690. The largest absolute Gasteiger partial charge is 0.508 e. The van der Waals surface area contributed by atoms with Gasteiger partial charge in [0.2, 0.25) is 0 Å². The molecule has 11 aromatic rings. The van der Waals surface area contributed by atoms with Crippen molar-refractivity contribution in [2.24, 2.45) is 0 Å². The Morgan fingerprint density at radius 3 is 0.826 bits per heavy atom. The van der Waals surface area contributed by atoms with Crippen LogP contribution >= 0.6 is 158 Å². The summed E-state index contributed by atoms with van der Waals surface area (Å²) in [5.41, 5.74) is 6.44. The number of aryl methyl sites for hydroxylation is 6.